The molecule has 2 N–H and O–H groups in total. The topological polar surface area (TPSA) is 81.3 Å². The Hall–Kier alpha value is -3.42. The average molecular weight is 436 g/mol. The number of carbonyl (C=O) groups is 2. The number of H-pyrrole nitrogens is 1. The summed E-state index contributed by atoms with van der Waals surface area (Å²) < 4.78 is 13.4. The van der Waals surface area contributed by atoms with E-state index in [2.05, 4.69) is 15.3 Å². The van der Waals surface area contributed by atoms with Crippen molar-refractivity contribution in [3.63, 3.8) is 0 Å². The number of likely N-dealkylation sites (tertiary alicyclic amines) is 2. The number of hydrogen-bond donors (Lipinski definition) is 2. The van der Waals surface area contributed by atoms with Gasteiger partial charge in [0, 0.05) is 43.3 Å². The van der Waals surface area contributed by atoms with Gasteiger partial charge in [0.1, 0.15) is 11.6 Å². The van der Waals surface area contributed by atoms with Crippen LogP contribution < -0.4 is 5.32 Å². The first-order chi connectivity index (χ1) is 15.6. The third kappa shape index (κ3) is 4.17. The van der Waals surface area contributed by atoms with Crippen LogP contribution in [0.15, 0.2) is 42.5 Å². The average Bonchev–Trinajstić information content (AvgIpc) is 3.49. The molecule has 3 heterocycles. The molecule has 2 saturated heterocycles. The van der Waals surface area contributed by atoms with Crippen LogP contribution in [-0.4, -0.2) is 57.9 Å². The zero-order valence-corrected chi connectivity index (χ0v) is 17.8. The van der Waals surface area contributed by atoms with E-state index < -0.39 is 0 Å². The molecule has 8 heteroatoms. The molecule has 7 nitrogen and oxygen atoms in total. The SMILES string of the molecule is O=C(Nc1ccc(-c2nc3ccc(F)cc3[nH]2)cc1)C1CCN(C(=O)N2CCCC2)CC1. The van der Waals surface area contributed by atoms with E-state index in [0.717, 1.165) is 37.2 Å². The molecule has 0 aliphatic carbocycles. The maximum absolute atomic E-state index is 13.4. The highest BCUT2D eigenvalue weighted by atomic mass is 19.1. The lowest BCUT2D eigenvalue weighted by Gasteiger charge is -2.34. The number of halogens is 1. The zero-order valence-electron chi connectivity index (χ0n) is 17.8. The minimum absolute atomic E-state index is 0.00904. The molecule has 2 aliphatic rings. The Balaban J connectivity index is 1.17. The van der Waals surface area contributed by atoms with Crippen LogP contribution in [0.2, 0.25) is 0 Å². The number of imidazole rings is 1. The molecular weight excluding hydrogens is 409 g/mol. The van der Waals surface area contributed by atoms with Gasteiger partial charge in [-0.2, -0.15) is 0 Å². The molecule has 0 radical (unpaired) electrons. The van der Waals surface area contributed by atoms with Gasteiger partial charge in [-0.15, -0.1) is 0 Å². The number of hydrogen-bond acceptors (Lipinski definition) is 3. The monoisotopic (exact) mass is 435 g/mol. The Bertz CT molecular complexity index is 1130. The Morgan fingerprint density at radius 1 is 0.969 bits per heavy atom. The van der Waals surface area contributed by atoms with Crippen molar-refractivity contribution in [2.75, 3.05) is 31.5 Å². The molecule has 3 aromatic rings. The number of piperidine rings is 1. The van der Waals surface area contributed by atoms with Gasteiger partial charge in [-0.25, -0.2) is 14.2 Å². The lowest BCUT2D eigenvalue weighted by molar-refractivity contribution is -0.121. The van der Waals surface area contributed by atoms with Crippen LogP contribution in [0.5, 0.6) is 0 Å². The Morgan fingerprint density at radius 3 is 2.38 bits per heavy atom. The Kier molecular flexibility index (Phi) is 5.51. The minimum Gasteiger partial charge on any atom is -0.338 e. The standard InChI is InChI=1S/C24H26FN5O2/c25-18-5-8-20-21(15-18)28-22(27-20)16-3-6-19(7-4-16)26-23(31)17-9-13-30(14-10-17)24(32)29-11-1-2-12-29/h3-8,15,17H,1-2,9-14H2,(H,26,31)(H,27,28). The van der Waals surface area contributed by atoms with Gasteiger partial charge < -0.3 is 20.1 Å². The highest BCUT2D eigenvalue weighted by molar-refractivity contribution is 5.93. The van der Waals surface area contributed by atoms with E-state index in [0.29, 0.717) is 42.8 Å². The number of aromatic amines is 1. The molecule has 0 bridgehead atoms. The van der Waals surface area contributed by atoms with Crippen molar-refractivity contribution >= 4 is 28.7 Å². The first-order valence-corrected chi connectivity index (χ1v) is 11.2. The van der Waals surface area contributed by atoms with Crippen LogP contribution >= 0.6 is 0 Å². The number of amides is 3. The fourth-order valence-corrected chi connectivity index (χ4v) is 4.52. The van der Waals surface area contributed by atoms with Gasteiger partial charge in [-0.1, -0.05) is 0 Å². The number of aromatic nitrogens is 2. The molecule has 2 fully saturated rings. The fraction of sp³-hybridized carbons (Fsp3) is 0.375. The number of nitrogens with zero attached hydrogens (tertiary/aromatic N) is 3. The smallest absolute Gasteiger partial charge is 0.319 e. The van der Waals surface area contributed by atoms with Crippen LogP contribution in [0.25, 0.3) is 22.4 Å². The van der Waals surface area contributed by atoms with Crippen molar-refractivity contribution in [2.45, 2.75) is 25.7 Å². The molecule has 2 aromatic carbocycles. The summed E-state index contributed by atoms with van der Waals surface area (Å²) in [7, 11) is 0. The van der Waals surface area contributed by atoms with Crippen molar-refractivity contribution < 1.29 is 14.0 Å². The Labute approximate surface area is 185 Å². The summed E-state index contributed by atoms with van der Waals surface area (Å²) in [6.45, 7) is 2.94. The summed E-state index contributed by atoms with van der Waals surface area (Å²) >= 11 is 0. The number of rotatable bonds is 3. The molecule has 0 unspecified atom stereocenters. The number of fused-ring (bicyclic) bond motifs is 1. The van der Waals surface area contributed by atoms with Crippen LogP contribution in [0.3, 0.4) is 0 Å². The minimum atomic E-state index is -0.308. The van der Waals surface area contributed by atoms with Gasteiger partial charge >= 0.3 is 6.03 Å². The van der Waals surface area contributed by atoms with E-state index in [4.69, 9.17) is 0 Å². The van der Waals surface area contributed by atoms with Gasteiger partial charge in [0.15, 0.2) is 0 Å². The first-order valence-electron chi connectivity index (χ1n) is 11.2. The zero-order chi connectivity index (χ0) is 22.1. The lowest BCUT2D eigenvalue weighted by atomic mass is 9.96. The summed E-state index contributed by atoms with van der Waals surface area (Å²) in [5.74, 6) is 0.239. The van der Waals surface area contributed by atoms with Crippen molar-refractivity contribution in [2.24, 2.45) is 5.92 Å². The summed E-state index contributed by atoms with van der Waals surface area (Å²) in [4.78, 5) is 36.7. The number of anilines is 1. The van der Waals surface area contributed by atoms with E-state index in [9.17, 15) is 14.0 Å². The van der Waals surface area contributed by atoms with Crippen LogP contribution in [0.1, 0.15) is 25.7 Å². The second-order valence-electron chi connectivity index (χ2n) is 8.55. The predicted molar refractivity (Wildman–Crippen MR) is 121 cm³/mol. The molecule has 5 rings (SSSR count). The number of benzene rings is 2. The lowest BCUT2D eigenvalue weighted by Crippen LogP contribution is -2.47. The van der Waals surface area contributed by atoms with E-state index in [1.54, 1.807) is 6.07 Å². The van der Waals surface area contributed by atoms with Crippen LogP contribution in [0, 0.1) is 11.7 Å². The normalized spacial score (nSPS) is 17.2. The number of nitrogens with one attached hydrogen (secondary N) is 2. The molecule has 1 aromatic heterocycles. The Morgan fingerprint density at radius 2 is 1.66 bits per heavy atom. The van der Waals surface area contributed by atoms with E-state index in [1.165, 1.54) is 12.1 Å². The summed E-state index contributed by atoms with van der Waals surface area (Å²) in [6.07, 6.45) is 3.52. The largest absolute Gasteiger partial charge is 0.338 e. The van der Waals surface area contributed by atoms with Crippen molar-refractivity contribution in [1.82, 2.24) is 19.8 Å². The first kappa shape index (κ1) is 20.5. The van der Waals surface area contributed by atoms with Gasteiger partial charge in [0.25, 0.3) is 0 Å². The summed E-state index contributed by atoms with van der Waals surface area (Å²) in [5, 5.41) is 2.99. The molecule has 3 amide bonds. The molecule has 0 spiro atoms. The second-order valence-corrected chi connectivity index (χ2v) is 8.55. The third-order valence-corrected chi connectivity index (χ3v) is 6.38. The van der Waals surface area contributed by atoms with Crippen molar-refractivity contribution in [1.29, 1.82) is 0 Å². The third-order valence-electron chi connectivity index (χ3n) is 6.38. The number of carbonyl (C=O) groups excluding carboxylic acids is 2. The maximum atomic E-state index is 13.4. The van der Waals surface area contributed by atoms with Crippen molar-refractivity contribution in [3.8, 4) is 11.4 Å². The number of urea groups is 1. The highest BCUT2D eigenvalue weighted by Gasteiger charge is 2.30. The fourth-order valence-electron chi connectivity index (χ4n) is 4.52. The van der Waals surface area contributed by atoms with Crippen LogP contribution in [-0.2, 0) is 4.79 Å². The maximum Gasteiger partial charge on any atom is 0.319 e. The second kappa shape index (κ2) is 8.61. The quantitative estimate of drug-likeness (QED) is 0.646. The summed E-state index contributed by atoms with van der Waals surface area (Å²) in [5.41, 5.74) is 2.92. The summed E-state index contributed by atoms with van der Waals surface area (Å²) in [6, 6.07) is 12.0. The van der Waals surface area contributed by atoms with Gasteiger partial charge in [0.2, 0.25) is 5.91 Å². The highest BCUT2D eigenvalue weighted by Crippen LogP contribution is 2.25. The predicted octanol–water partition coefficient (Wildman–Crippen LogP) is 4.24. The molecular formula is C24H26FN5O2. The van der Waals surface area contributed by atoms with Gasteiger partial charge in [0.05, 0.1) is 11.0 Å². The van der Waals surface area contributed by atoms with Crippen molar-refractivity contribution in [3.05, 3.63) is 48.3 Å². The molecule has 0 atom stereocenters. The van der Waals surface area contributed by atoms with E-state index in [-0.39, 0.29) is 23.7 Å². The van der Waals surface area contributed by atoms with E-state index in [1.807, 2.05) is 34.1 Å². The van der Waals surface area contributed by atoms with Crippen LogP contribution in [0.4, 0.5) is 14.9 Å². The molecule has 166 valence electrons. The van der Waals surface area contributed by atoms with E-state index >= 15 is 0 Å². The molecule has 2 aliphatic heterocycles. The molecule has 0 saturated carbocycles. The van der Waals surface area contributed by atoms with Gasteiger partial charge in [-0.3, -0.25) is 4.79 Å². The molecule has 32 heavy (non-hydrogen) atoms. The van der Waals surface area contributed by atoms with Gasteiger partial charge in [-0.05, 0) is 68.1 Å².